The lowest BCUT2D eigenvalue weighted by atomic mass is 9.97. The highest BCUT2D eigenvalue weighted by Crippen LogP contribution is 2.24. The minimum absolute atomic E-state index is 0.617. The summed E-state index contributed by atoms with van der Waals surface area (Å²) in [7, 11) is 2.05. The molecule has 1 aromatic rings. The van der Waals surface area contributed by atoms with Crippen LogP contribution in [0.1, 0.15) is 38.6 Å². The standard InChI is InChI=1S/C15H27BrN4/c1-5-11(3)13-9-20(8-7-17-13)10-14-15(16)12(6-2)18-19(14)4/h11,13,17H,5-10H2,1-4H3. The summed E-state index contributed by atoms with van der Waals surface area (Å²) in [5.74, 6) is 0.735. The van der Waals surface area contributed by atoms with Crippen molar-refractivity contribution in [2.75, 3.05) is 19.6 Å². The molecule has 1 N–H and O–H groups in total. The van der Waals surface area contributed by atoms with Crippen molar-refractivity contribution in [3.63, 3.8) is 0 Å². The molecule has 2 atom stereocenters. The van der Waals surface area contributed by atoms with Crippen molar-refractivity contribution in [2.45, 2.75) is 46.2 Å². The van der Waals surface area contributed by atoms with Crippen molar-refractivity contribution in [1.29, 1.82) is 0 Å². The Balaban J connectivity index is 2.04. The Morgan fingerprint density at radius 1 is 1.45 bits per heavy atom. The summed E-state index contributed by atoms with van der Waals surface area (Å²) in [6.07, 6.45) is 2.21. The Hall–Kier alpha value is -0.390. The van der Waals surface area contributed by atoms with Gasteiger partial charge < -0.3 is 5.32 Å². The fourth-order valence-corrected chi connectivity index (χ4v) is 3.60. The first-order valence-electron chi connectivity index (χ1n) is 7.72. The molecule has 2 rings (SSSR count). The minimum Gasteiger partial charge on any atom is -0.311 e. The van der Waals surface area contributed by atoms with Gasteiger partial charge in [0.05, 0.1) is 15.9 Å². The summed E-state index contributed by atoms with van der Waals surface area (Å²) < 4.78 is 3.23. The molecule has 1 aromatic heterocycles. The largest absolute Gasteiger partial charge is 0.311 e. The highest BCUT2D eigenvalue weighted by Gasteiger charge is 2.24. The topological polar surface area (TPSA) is 33.1 Å². The van der Waals surface area contributed by atoms with E-state index in [1.165, 1.54) is 16.6 Å². The summed E-state index contributed by atoms with van der Waals surface area (Å²) in [5.41, 5.74) is 2.46. The number of piperazine rings is 1. The second-order valence-electron chi connectivity index (χ2n) is 5.87. The Morgan fingerprint density at radius 2 is 2.20 bits per heavy atom. The van der Waals surface area contributed by atoms with Gasteiger partial charge in [0.2, 0.25) is 0 Å². The minimum atomic E-state index is 0.617. The first kappa shape index (κ1) is 16.0. The maximum atomic E-state index is 4.59. The van der Waals surface area contributed by atoms with E-state index in [4.69, 9.17) is 0 Å². The van der Waals surface area contributed by atoms with Gasteiger partial charge in [-0.1, -0.05) is 27.2 Å². The second-order valence-corrected chi connectivity index (χ2v) is 6.66. The number of nitrogens with one attached hydrogen (secondary N) is 1. The quantitative estimate of drug-likeness (QED) is 0.892. The van der Waals surface area contributed by atoms with Crippen LogP contribution in [0.4, 0.5) is 0 Å². The third-order valence-electron chi connectivity index (χ3n) is 4.50. The van der Waals surface area contributed by atoms with E-state index >= 15 is 0 Å². The highest BCUT2D eigenvalue weighted by molar-refractivity contribution is 9.10. The molecule has 4 nitrogen and oxygen atoms in total. The zero-order chi connectivity index (χ0) is 14.7. The third kappa shape index (κ3) is 3.43. The fourth-order valence-electron chi connectivity index (χ4n) is 2.85. The number of rotatable bonds is 5. The summed E-state index contributed by atoms with van der Waals surface area (Å²) in [6, 6.07) is 0.617. The van der Waals surface area contributed by atoms with Crippen molar-refractivity contribution in [2.24, 2.45) is 13.0 Å². The van der Waals surface area contributed by atoms with Gasteiger partial charge in [0, 0.05) is 39.3 Å². The number of aryl methyl sites for hydroxylation is 2. The van der Waals surface area contributed by atoms with Crippen molar-refractivity contribution in [1.82, 2.24) is 20.0 Å². The van der Waals surface area contributed by atoms with Gasteiger partial charge in [0.1, 0.15) is 0 Å². The van der Waals surface area contributed by atoms with Gasteiger partial charge in [-0.05, 0) is 28.3 Å². The summed E-state index contributed by atoms with van der Waals surface area (Å²) in [6.45, 7) is 11.1. The van der Waals surface area contributed by atoms with Crippen LogP contribution >= 0.6 is 15.9 Å². The van der Waals surface area contributed by atoms with Crippen molar-refractivity contribution in [3.05, 3.63) is 15.9 Å². The zero-order valence-corrected chi connectivity index (χ0v) is 14.7. The fraction of sp³-hybridized carbons (Fsp3) is 0.800. The molecule has 0 amide bonds. The maximum absolute atomic E-state index is 4.59. The average Bonchev–Trinajstić information content (AvgIpc) is 2.74. The number of hydrogen-bond donors (Lipinski definition) is 1. The number of nitrogens with zero attached hydrogens (tertiary/aromatic N) is 3. The van der Waals surface area contributed by atoms with E-state index < -0.39 is 0 Å². The van der Waals surface area contributed by atoms with Gasteiger partial charge in [-0.25, -0.2) is 0 Å². The Labute approximate surface area is 131 Å². The zero-order valence-electron chi connectivity index (χ0n) is 13.1. The van der Waals surface area contributed by atoms with E-state index in [2.05, 4.69) is 52.0 Å². The molecule has 2 unspecified atom stereocenters. The van der Waals surface area contributed by atoms with E-state index in [-0.39, 0.29) is 0 Å². The maximum Gasteiger partial charge on any atom is 0.0767 e. The molecule has 0 saturated carbocycles. The molecule has 1 aliphatic heterocycles. The Morgan fingerprint density at radius 3 is 2.80 bits per heavy atom. The van der Waals surface area contributed by atoms with Crippen LogP contribution < -0.4 is 5.32 Å². The molecule has 1 fully saturated rings. The van der Waals surface area contributed by atoms with Crippen LogP contribution in [-0.4, -0.2) is 40.4 Å². The summed E-state index contributed by atoms with van der Waals surface area (Å²) >= 11 is 3.72. The van der Waals surface area contributed by atoms with Crippen molar-refractivity contribution >= 4 is 15.9 Å². The number of halogens is 1. The summed E-state index contributed by atoms with van der Waals surface area (Å²) in [5, 5.41) is 8.25. The molecule has 0 aromatic carbocycles. The van der Waals surface area contributed by atoms with Crippen LogP contribution in [0.3, 0.4) is 0 Å². The molecule has 20 heavy (non-hydrogen) atoms. The number of hydrogen-bond acceptors (Lipinski definition) is 3. The lowest BCUT2D eigenvalue weighted by Crippen LogP contribution is -2.52. The molecule has 0 bridgehead atoms. The predicted octanol–water partition coefficient (Wildman–Crippen LogP) is 2.56. The van der Waals surface area contributed by atoms with E-state index in [1.807, 2.05) is 11.7 Å². The normalized spacial score (nSPS) is 22.1. The molecule has 0 radical (unpaired) electrons. The van der Waals surface area contributed by atoms with Crippen LogP contribution in [0, 0.1) is 5.92 Å². The molecule has 0 spiro atoms. The van der Waals surface area contributed by atoms with Crippen molar-refractivity contribution < 1.29 is 0 Å². The molecule has 1 aliphatic rings. The molecule has 5 heteroatoms. The Kier molecular flexibility index (Phi) is 5.64. The van der Waals surface area contributed by atoms with Gasteiger partial charge in [-0.15, -0.1) is 0 Å². The highest BCUT2D eigenvalue weighted by atomic mass is 79.9. The predicted molar refractivity (Wildman–Crippen MR) is 86.8 cm³/mol. The molecule has 2 heterocycles. The van der Waals surface area contributed by atoms with Crippen LogP contribution in [0.2, 0.25) is 0 Å². The molecular formula is C15H27BrN4. The van der Waals surface area contributed by atoms with Crippen molar-refractivity contribution in [3.8, 4) is 0 Å². The monoisotopic (exact) mass is 342 g/mol. The molecular weight excluding hydrogens is 316 g/mol. The number of aromatic nitrogens is 2. The SMILES string of the molecule is CCc1nn(C)c(CN2CCNC(C(C)CC)C2)c1Br. The average molecular weight is 343 g/mol. The molecule has 1 saturated heterocycles. The lowest BCUT2D eigenvalue weighted by Gasteiger charge is -2.36. The van der Waals surface area contributed by atoms with Gasteiger partial charge in [-0.2, -0.15) is 5.10 Å². The first-order chi connectivity index (χ1) is 9.56. The van der Waals surface area contributed by atoms with E-state index in [1.54, 1.807) is 0 Å². The van der Waals surface area contributed by atoms with Gasteiger partial charge >= 0.3 is 0 Å². The van der Waals surface area contributed by atoms with Crippen LogP contribution in [0.25, 0.3) is 0 Å². The van der Waals surface area contributed by atoms with E-state index in [0.717, 1.165) is 44.2 Å². The van der Waals surface area contributed by atoms with Crippen LogP contribution in [0.15, 0.2) is 4.47 Å². The van der Waals surface area contributed by atoms with Gasteiger partial charge in [0.15, 0.2) is 0 Å². The summed E-state index contributed by atoms with van der Waals surface area (Å²) in [4.78, 5) is 2.55. The lowest BCUT2D eigenvalue weighted by molar-refractivity contribution is 0.159. The van der Waals surface area contributed by atoms with Gasteiger partial charge in [-0.3, -0.25) is 9.58 Å². The van der Waals surface area contributed by atoms with Crippen LogP contribution in [0.5, 0.6) is 0 Å². The third-order valence-corrected chi connectivity index (χ3v) is 5.41. The molecule has 0 aliphatic carbocycles. The van der Waals surface area contributed by atoms with Gasteiger partial charge in [0.25, 0.3) is 0 Å². The van der Waals surface area contributed by atoms with E-state index in [0.29, 0.717) is 6.04 Å². The smallest absolute Gasteiger partial charge is 0.0767 e. The Bertz CT molecular complexity index is 443. The van der Waals surface area contributed by atoms with Crippen LogP contribution in [-0.2, 0) is 20.0 Å². The first-order valence-corrected chi connectivity index (χ1v) is 8.52. The molecule has 114 valence electrons. The van der Waals surface area contributed by atoms with E-state index in [9.17, 15) is 0 Å². The second kappa shape index (κ2) is 7.05.